The molecule has 0 bridgehead atoms. The summed E-state index contributed by atoms with van der Waals surface area (Å²) in [4.78, 5) is 14.4. The molecule has 1 aromatic rings. The lowest BCUT2D eigenvalue weighted by Crippen LogP contribution is -2.50. The van der Waals surface area contributed by atoms with E-state index in [0.717, 1.165) is 30.5 Å². The number of halogens is 1. The molecule has 0 spiro atoms. The third-order valence-corrected chi connectivity index (χ3v) is 4.44. The van der Waals surface area contributed by atoms with Crippen molar-refractivity contribution >= 4 is 23.2 Å². The van der Waals surface area contributed by atoms with Crippen molar-refractivity contribution in [3.63, 3.8) is 0 Å². The van der Waals surface area contributed by atoms with E-state index in [-0.39, 0.29) is 18.6 Å². The van der Waals surface area contributed by atoms with Crippen molar-refractivity contribution in [1.29, 1.82) is 0 Å². The van der Waals surface area contributed by atoms with Crippen LogP contribution in [0.25, 0.3) is 0 Å². The molecule has 1 heterocycles. The summed E-state index contributed by atoms with van der Waals surface area (Å²) in [7, 11) is 0. The van der Waals surface area contributed by atoms with Crippen LogP contribution in [0.4, 0.5) is 5.69 Å². The number of aryl methyl sites for hydroxylation is 1. The number of amides is 1. The van der Waals surface area contributed by atoms with Gasteiger partial charge in [-0.3, -0.25) is 9.69 Å². The number of likely N-dealkylation sites (tertiary alicyclic amines) is 1. The van der Waals surface area contributed by atoms with Crippen molar-refractivity contribution in [3.05, 3.63) is 28.8 Å². The molecule has 4 nitrogen and oxygen atoms in total. The predicted molar refractivity (Wildman–Crippen MR) is 85.7 cm³/mol. The van der Waals surface area contributed by atoms with Crippen LogP contribution in [0.3, 0.4) is 0 Å². The average molecular weight is 311 g/mol. The first kappa shape index (κ1) is 16.3. The quantitative estimate of drug-likeness (QED) is 0.899. The van der Waals surface area contributed by atoms with Gasteiger partial charge in [0, 0.05) is 22.8 Å². The van der Waals surface area contributed by atoms with Crippen LogP contribution < -0.4 is 5.32 Å². The summed E-state index contributed by atoms with van der Waals surface area (Å²) in [6.45, 7) is 4.46. The standard InChI is InChI=1S/C16H23ClN2O2/c1-11-6-7-13(17)8-15(11)18-16(21)9-19-12(2)4-3-5-14(19)10-20/h6-8,12,14,20H,3-5,9-10H2,1-2H3,(H,18,21). The third kappa shape index (κ3) is 4.19. The van der Waals surface area contributed by atoms with Gasteiger partial charge in [0.15, 0.2) is 0 Å². The van der Waals surface area contributed by atoms with Crippen LogP contribution in [-0.4, -0.2) is 41.1 Å². The van der Waals surface area contributed by atoms with Crippen LogP contribution in [0.2, 0.25) is 5.02 Å². The van der Waals surface area contributed by atoms with Crippen molar-refractivity contribution in [2.75, 3.05) is 18.5 Å². The fourth-order valence-corrected chi connectivity index (χ4v) is 3.08. The summed E-state index contributed by atoms with van der Waals surface area (Å²) in [5.41, 5.74) is 1.73. The lowest BCUT2D eigenvalue weighted by atomic mass is 9.97. The smallest absolute Gasteiger partial charge is 0.238 e. The molecule has 2 N–H and O–H groups in total. The second-order valence-corrected chi connectivity index (χ2v) is 6.23. The molecule has 116 valence electrons. The van der Waals surface area contributed by atoms with Crippen molar-refractivity contribution in [3.8, 4) is 0 Å². The van der Waals surface area contributed by atoms with Gasteiger partial charge in [0.05, 0.1) is 13.2 Å². The molecule has 0 radical (unpaired) electrons. The fourth-order valence-electron chi connectivity index (χ4n) is 2.91. The van der Waals surface area contributed by atoms with E-state index in [9.17, 15) is 9.90 Å². The minimum atomic E-state index is -0.0624. The number of nitrogens with one attached hydrogen (secondary N) is 1. The number of hydrogen-bond donors (Lipinski definition) is 2. The zero-order chi connectivity index (χ0) is 15.4. The van der Waals surface area contributed by atoms with Gasteiger partial charge in [-0.05, 0) is 44.4 Å². The third-order valence-electron chi connectivity index (χ3n) is 4.21. The van der Waals surface area contributed by atoms with E-state index in [1.807, 2.05) is 13.0 Å². The minimum Gasteiger partial charge on any atom is -0.395 e. The Hall–Kier alpha value is -1.10. The van der Waals surface area contributed by atoms with Crippen LogP contribution in [-0.2, 0) is 4.79 Å². The number of carbonyl (C=O) groups excluding carboxylic acids is 1. The van der Waals surface area contributed by atoms with Crippen LogP contribution >= 0.6 is 11.6 Å². The maximum atomic E-state index is 12.3. The molecular weight excluding hydrogens is 288 g/mol. The molecule has 1 saturated heterocycles. The second kappa shape index (κ2) is 7.25. The van der Waals surface area contributed by atoms with Gasteiger partial charge in [0.2, 0.25) is 5.91 Å². The molecule has 2 rings (SSSR count). The van der Waals surface area contributed by atoms with E-state index in [1.54, 1.807) is 12.1 Å². The Balaban J connectivity index is 2.01. The van der Waals surface area contributed by atoms with Gasteiger partial charge in [0.25, 0.3) is 0 Å². The van der Waals surface area contributed by atoms with E-state index in [1.165, 1.54) is 0 Å². The number of hydrogen-bond acceptors (Lipinski definition) is 3. The molecule has 2 unspecified atom stereocenters. The van der Waals surface area contributed by atoms with Gasteiger partial charge < -0.3 is 10.4 Å². The van der Waals surface area contributed by atoms with Crippen LogP contribution in [0.15, 0.2) is 18.2 Å². The Bertz CT molecular complexity index is 507. The highest BCUT2D eigenvalue weighted by Gasteiger charge is 2.28. The zero-order valence-electron chi connectivity index (χ0n) is 12.6. The number of nitrogens with zero attached hydrogens (tertiary/aromatic N) is 1. The molecule has 1 amide bonds. The number of piperidine rings is 1. The summed E-state index contributed by atoms with van der Waals surface area (Å²) in [6.07, 6.45) is 3.13. The topological polar surface area (TPSA) is 52.6 Å². The maximum absolute atomic E-state index is 12.3. The minimum absolute atomic E-state index is 0.0624. The van der Waals surface area contributed by atoms with E-state index in [0.29, 0.717) is 17.6 Å². The van der Waals surface area contributed by atoms with Gasteiger partial charge >= 0.3 is 0 Å². The largest absolute Gasteiger partial charge is 0.395 e. The Morgan fingerprint density at radius 3 is 2.95 bits per heavy atom. The Morgan fingerprint density at radius 2 is 2.24 bits per heavy atom. The van der Waals surface area contributed by atoms with Crippen LogP contribution in [0.5, 0.6) is 0 Å². The monoisotopic (exact) mass is 310 g/mol. The van der Waals surface area contributed by atoms with Gasteiger partial charge in [-0.25, -0.2) is 0 Å². The predicted octanol–water partition coefficient (Wildman–Crippen LogP) is 2.82. The second-order valence-electron chi connectivity index (χ2n) is 5.80. The lowest BCUT2D eigenvalue weighted by Gasteiger charge is -2.39. The molecule has 1 fully saturated rings. The average Bonchev–Trinajstić information content (AvgIpc) is 2.45. The van der Waals surface area contributed by atoms with Crippen molar-refractivity contribution in [2.24, 2.45) is 0 Å². The molecule has 5 heteroatoms. The highest BCUT2D eigenvalue weighted by molar-refractivity contribution is 6.31. The van der Waals surface area contributed by atoms with Gasteiger partial charge in [-0.1, -0.05) is 24.1 Å². The number of aliphatic hydroxyl groups excluding tert-OH is 1. The molecule has 2 atom stereocenters. The Kier molecular flexibility index (Phi) is 5.62. The summed E-state index contributed by atoms with van der Waals surface area (Å²) >= 11 is 5.97. The molecule has 21 heavy (non-hydrogen) atoms. The first-order valence-electron chi connectivity index (χ1n) is 7.44. The van der Waals surface area contributed by atoms with Crippen molar-refractivity contribution < 1.29 is 9.90 Å². The summed E-state index contributed by atoms with van der Waals surface area (Å²) in [6, 6.07) is 5.86. The number of anilines is 1. The Morgan fingerprint density at radius 1 is 1.48 bits per heavy atom. The highest BCUT2D eigenvalue weighted by atomic mass is 35.5. The van der Waals surface area contributed by atoms with Crippen molar-refractivity contribution in [2.45, 2.75) is 45.2 Å². The van der Waals surface area contributed by atoms with Crippen LogP contribution in [0, 0.1) is 6.92 Å². The molecule has 0 aromatic heterocycles. The Labute approximate surface area is 131 Å². The number of aliphatic hydroxyl groups is 1. The van der Waals surface area contributed by atoms with E-state index >= 15 is 0 Å². The first-order chi connectivity index (χ1) is 10.0. The number of benzene rings is 1. The summed E-state index contributed by atoms with van der Waals surface area (Å²) in [5, 5.41) is 13.0. The van der Waals surface area contributed by atoms with Crippen molar-refractivity contribution in [1.82, 2.24) is 4.90 Å². The van der Waals surface area contributed by atoms with Gasteiger partial charge in [-0.2, -0.15) is 0 Å². The first-order valence-corrected chi connectivity index (χ1v) is 7.81. The van der Waals surface area contributed by atoms with E-state index in [2.05, 4.69) is 17.1 Å². The summed E-state index contributed by atoms with van der Waals surface area (Å²) in [5.74, 6) is -0.0624. The SMILES string of the molecule is Cc1ccc(Cl)cc1NC(=O)CN1C(C)CCCC1CO. The molecular formula is C16H23ClN2O2. The molecule has 0 aliphatic carbocycles. The zero-order valence-corrected chi connectivity index (χ0v) is 13.4. The molecule has 1 aromatic carbocycles. The van der Waals surface area contributed by atoms with E-state index in [4.69, 9.17) is 11.6 Å². The summed E-state index contributed by atoms with van der Waals surface area (Å²) < 4.78 is 0. The normalized spacial score (nSPS) is 23.0. The fraction of sp³-hybridized carbons (Fsp3) is 0.562. The highest BCUT2D eigenvalue weighted by Crippen LogP contribution is 2.23. The van der Waals surface area contributed by atoms with Crippen LogP contribution in [0.1, 0.15) is 31.7 Å². The molecule has 1 aliphatic heterocycles. The number of carbonyl (C=O) groups is 1. The van der Waals surface area contributed by atoms with Gasteiger partial charge in [-0.15, -0.1) is 0 Å². The van der Waals surface area contributed by atoms with Gasteiger partial charge in [0.1, 0.15) is 0 Å². The molecule has 0 saturated carbocycles. The lowest BCUT2D eigenvalue weighted by molar-refractivity contribution is -0.119. The number of rotatable bonds is 4. The maximum Gasteiger partial charge on any atom is 0.238 e. The molecule has 1 aliphatic rings. The van der Waals surface area contributed by atoms with E-state index < -0.39 is 0 Å².